The first-order chi connectivity index (χ1) is 9.19. The van der Waals surface area contributed by atoms with Crippen molar-refractivity contribution in [2.75, 3.05) is 0 Å². The zero-order chi connectivity index (χ0) is 13.7. The zero-order valence-corrected chi connectivity index (χ0v) is 12.1. The van der Waals surface area contributed by atoms with Crippen molar-refractivity contribution in [1.82, 2.24) is 15.1 Å². The highest BCUT2D eigenvalue weighted by Gasteiger charge is 2.27. The molecule has 1 amide bonds. The Morgan fingerprint density at radius 1 is 1.53 bits per heavy atom. The molecule has 2 atom stereocenters. The fourth-order valence-corrected chi connectivity index (χ4v) is 3.05. The maximum atomic E-state index is 12.0. The number of nitrogens with one attached hydrogen (secondary N) is 1. The largest absolute Gasteiger partial charge is 0.353 e. The van der Waals surface area contributed by atoms with Crippen molar-refractivity contribution < 1.29 is 4.79 Å². The van der Waals surface area contributed by atoms with Crippen LogP contribution in [0.15, 0.2) is 12.4 Å². The molecule has 1 aromatic heterocycles. The third-order valence-corrected chi connectivity index (χ3v) is 4.06. The minimum absolute atomic E-state index is 0.140. The van der Waals surface area contributed by atoms with Crippen LogP contribution in [0.25, 0.3) is 0 Å². The van der Waals surface area contributed by atoms with Crippen LogP contribution < -0.4 is 5.32 Å². The number of nitrogens with zero attached hydrogens (tertiary/aromatic N) is 2. The molecule has 106 valence electrons. The van der Waals surface area contributed by atoms with Crippen molar-refractivity contribution in [1.29, 1.82) is 0 Å². The van der Waals surface area contributed by atoms with Crippen LogP contribution in [0.5, 0.6) is 0 Å². The molecule has 1 saturated carbocycles. The predicted octanol–water partition coefficient (Wildman–Crippen LogP) is 2.44. The van der Waals surface area contributed by atoms with Gasteiger partial charge in [-0.05, 0) is 30.7 Å². The number of carbonyl (C=O) groups is 1. The van der Waals surface area contributed by atoms with Crippen molar-refractivity contribution in [3.63, 3.8) is 0 Å². The van der Waals surface area contributed by atoms with Crippen molar-refractivity contribution in [2.24, 2.45) is 13.0 Å². The summed E-state index contributed by atoms with van der Waals surface area (Å²) >= 11 is 0. The molecule has 2 rings (SSSR count). The van der Waals surface area contributed by atoms with Crippen molar-refractivity contribution in [3.05, 3.63) is 18.0 Å². The van der Waals surface area contributed by atoms with E-state index in [0.29, 0.717) is 18.4 Å². The van der Waals surface area contributed by atoms with Gasteiger partial charge in [-0.3, -0.25) is 9.48 Å². The van der Waals surface area contributed by atoms with E-state index in [-0.39, 0.29) is 5.91 Å². The van der Waals surface area contributed by atoms with Gasteiger partial charge in [0.1, 0.15) is 0 Å². The summed E-state index contributed by atoms with van der Waals surface area (Å²) in [5.74, 6) is 0.833. The Labute approximate surface area is 115 Å². The Kier molecular flexibility index (Phi) is 5.00. The van der Waals surface area contributed by atoms with E-state index < -0.39 is 0 Å². The van der Waals surface area contributed by atoms with E-state index in [1.54, 1.807) is 10.9 Å². The minimum Gasteiger partial charge on any atom is -0.353 e. The molecule has 2 unspecified atom stereocenters. The Bertz CT molecular complexity index is 413. The van der Waals surface area contributed by atoms with Crippen molar-refractivity contribution >= 4 is 5.91 Å². The van der Waals surface area contributed by atoms with Gasteiger partial charge in [0.25, 0.3) is 0 Å². The van der Waals surface area contributed by atoms with Gasteiger partial charge >= 0.3 is 0 Å². The third-order valence-electron chi connectivity index (χ3n) is 4.06. The van der Waals surface area contributed by atoms with Crippen LogP contribution in [-0.2, 0) is 18.3 Å². The number of hydrogen-bond donors (Lipinski definition) is 1. The molecule has 0 radical (unpaired) electrons. The lowest BCUT2D eigenvalue weighted by Gasteiger charge is -2.20. The first-order valence-corrected chi connectivity index (χ1v) is 7.46. The van der Waals surface area contributed by atoms with Crippen LogP contribution in [0.3, 0.4) is 0 Å². The number of rotatable bonds is 6. The number of amides is 1. The number of unbranched alkanes of at least 4 members (excludes halogenated alkanes) is 1. The van der Waals surface area contributed by atoms with Crippen LogP contribution in [0, 0.1) is 5.92 Å². The number of aryl methyl sites for hydroxylation is 1. The van der Waals surface area contributed by atoms with E-state index in [1.807, 2.05) is 13.2 Å². The first kappa shape index (κ1) is 14.1. The molecule has 1 fully saturated rings. The Morgan fingerprint density at radius 3 is 3.05 bits per heavy atom. The van der Waals surface area contributed by atoms with E-state index in [2.05, 4.69) is 17.3 Å². The average Bonchev–Trinajstić information content (AvgIpc) is 2.96. The standard InChI is InChI=1S/C15H25N3O/c1-3-4-6-13-7-5-8-14(13)17-15(19)9-12-10-16-18(2)11-12/h10-11,13-14H,3-9H2,1-2H3,(H,17,19). The van der Waals surface area contributed by atoms with Gasteiger partial charge in [-0.15, -0.1) is 0 Å². The first-order valence-electron chi connectivity index (χ1n) is 7.46. The van der Waals surface area contributed by atoms with E-state index in [4.69, 9.17) is 0 Å². The summed E-state index contributed by atoms with van der Waals surface area (Å²) in [6, 6.07) is 0.399. The Hall–Kier alpha value is -1.32. The van der Waals surface area contributed by atoms with E-state index in [1.165, 1.54) is 32.1 Å². The molecular formula is C15H25N3O. The van der Waals surface area contributed by atoms with Crippen LogP contribution >= 0.6 is 0 Å². The summed E-state index contributed by atoms with van der Waals surface area (Å²) in [5.41, 5.74) is 0.989. The number of hydrogen-bond acceptors (Lipinski definition) is 2. The number of aromatic nitrogens is 2. The van der Waals surface area contributed by atoms with Crippen molar-refractivity contribution in [2.45, 2.75) is 57.9 Å². The van der Waals surface area contributed by atoms with Gasteiger partial charge in [0.05, 0.1) is 12.6 Å². The average molecular weight is 263 g/mol. The monoisotopic (exact) mass is 263 g/mol. The minimum atomic E-state index is 0.140. The summed E-state index contributed by atoms with van der Waals surface area (Å²) < 4.78 is 1.74. The van der Waals surface area contributed by atoms with Gasteiger partial charge in [0.15, 0.2) is 0 Å². The second-order valence-corrected chi connectivity index (χ2v) is 5.71. The van der Waals surface area contributed by atoms with Gasteiger partial charge in [0, 0.05) is 19.3 Å². The molecule has 1 N–H and O–H groups in total. The van der Waals surface area contributed by atoms with Gasteiger partial charge in [-0.2, -0.15) is 5.10 Å². The summed E-state index contributed by atoms with van der Waals surface area (Å²) in [4.78, 5) is 12.0. The Balaban J connectivity index is 1.80. The lowest BCUT2D eigenvalue weighted by atomic mass is 9.96. The molecule has 0 saturated heterocycles. The third kappa shape index (κ3) is 4.08. The van der Waals surface area contributed by atoms with Gasteiger partial charge in [-0.1, -0.05) is 26.2 Å². The molecule has 19 heavy (non-hydrogen) atoms. The molecule has 0 spiro atoms. The molecule has 1 aliphatic carbocycles. The van der Waals surface area contributed by atoms with E-state index >= 15 is 0 Å². The highest BCUT2D eigenvalue weighted by molar-refractivity contribution is 5.78. The zero-order valence-electron chi connectivity index (χ0n) is 12.1. The lowest BCUT2D eigenvalue weighted by molar-refractivity contribution is -0.121. The molecule has 0 aliphatic heterocycles. The fraction of sp³-hybridized carbons (Fsp3) is 0.733. The van der Waals surface area contributed by atoms with Crippen LogP contribution in [0.4, 0.5) is 0 Å². The summed E-state index contributed by atoms with van der Waals surface area (Å²) in [7, 11) is 1.87. The maximum Gasteiger partial charge on any atom is 0.224 e. The molecular weight excluding hydrogens is 238 g/mol. The number of carbonyl (C=O) groups excluding carboxylic acids is 1. The maximum absolute atomic E-state index is 12.0. The normalized spacial score (nSPS) is 22.6. The van der Waals surface area contributed by atoms with E-state index in [0.717, 1.165) is 12.0 Å². The van der Waals surface area contributed by atoms with Crippen LogP contribution in [0.1, 0.15) is 51.0 Å². The van der Waals surface area contributed by atoms with Gasteiger partial charge < -0.3 is 5.32 Å². The SMILES string of the molecule is CCCCC1CCCC1NC(=O)Cc1cnn(C)c1. The van der Waals surface area contributed by atoms with Gasteiger partial charge in [-0.25, -0.2) is 0 Å². The second kappa shape index (κ2) is 6.73. The Morgan fingerprint density at radius 2 is 2.37 bits per heavy atom. The topological polar surface area (TPSA) is 46.9 Å². The molecule has 1 aromatic rings. The smallest absolute Gasteiger partial charge is 0.224 e. The molecule has 0 bridgehead atoms. The predicted molar refractivity (Wildman–Crippen MR) is 75.7 cm³/mol. The highest BCUT2D eigenvalue weighted by atomic mass is 16.1. The molecule has 1 aliphatic rings. The summed E-state index contributed by atoms with van der Waals surface area (Å²) in [5, 5.41) is 7.31. The lowest BCUT2D eigenvalue weighted by Crippen LogP contribution is -2.38. The fourth-order valence-electron chi connectivity index (χ4n) is 3.05. The molecule has 1 heterocycles. The molecule has 0 aromatic carbocycles. The van der Waals surface area contributed by atoms with Crippen LogP contribution in [-0.4, -0.2) is 21.7 Å². The van der Waals surface area contributed by atoms with E-state index in [9.17, 15) is 4.79 Å². The van der Waals surface area contributed by atoms with Gasteiger partial charge in [0.2, 0.25) is 5.91 Å². The highest BCUT2D eigenvalue weighted by Crippen LogP contribution is 2.29. The molecule has 4 nitrogen and oxygen atoms in total. The summed E-state index contributed by atoms with van der Waals surface area (Å²) in [6.07, 6.45) is 11.6. The quantitative estimate of drug-likeness (QED) is 0.857. The van der Waals surface area contributed by atoms with Crippen LogP contribution in [0.2, 0.25) is 0 Å². The second-order valence-electron chi connectivity index (χ2n) is 5.71. The van der Waals surface area contributed by atoms with Crippen molar-refractivity contribution in [3.8, 4) is 0 Å². The summed E-state index contributed by atoms with van der Waals surface area (Å²) in [6.45, 7) is 2.23. The molecule has 4 heteroatoms.